The summed E-state index contributed by atoms with van der Waals surface area (Å²) in [7, 11) is 1.55. The summed E-state index contributed by atoms with van der Waals surface area (Å²) in [5, 5.41) is 0. The second kappa shape index (κ2) is 9.17. The zero-order valence-corrected chi connectivity index (χ0v) is 18.3. The van der Waals surface area contributed by atoms with Gasteiger partial charge in [-0.15, -0.1) is 0 Å². The molecule has 1 aromatic heterocycles. The zero-order valence-electron chi connectivity index (χ0n) is 18.3. The third-order valence-electron chi connectivity index (χ3n) is 5.61. The monoisotopic (exact) mass is 459 g/mol. The van der Waals surface area contributed by atoms with Gasteiger partial charge in [0.15, 0.2) is 0 Å². The van der Waals surface area contributed by atoms with Crippen LogP contribution < -0.4 is 9.47 Å². The smallest absolute Gasteiger partial charge is 0.416 e. The van der Waals surface area contributed by atoms with Gasteiger partial charge in [-0.3, -0.25) is 4.79 Å². The van der Waals surface area contributed by atoms with Gasteiger partial charge < -0.3 is 18.9 Å². The first-order valence-electron chi connectivity index (χ1n) is 10.6. The van der Waals surface area contributed by atoms with Gasteiger partial charge in [0.05, 0.1) is 30.4 Å². The van der Waals surface area contributed by atoms with Crippen LogP contribution in [-0.2, 0) is 6.18 Å². The number of alkyl halides is 3. The van der Waals surface area contributed by atoms with E-state index < -0.39 is 11.7 Å². The topological polar surface area (TPSA) is 56.6 Å². The molecular weight excluding hydrogens is 435 g/mol. The number of halogens is 3. The summed E-state index contributed by atoms with van der Waals surface area (Å²) in [4.78, 5) is 19.0. The lowest BCUT2D eigenvalue weighted by Crippen LogP contribution is -2.41. The highest BCUT2D eigenvalue weighted by atomic mass is 19.4. The summed E-state index contributed by atoms with van der Waals surface area (Å²) in [5.41, 5.74) is 1.41. The van der Waals surface area contributed by atoms with E-state index in [1.807, 2.05) is 23.8 Å². The highest BCUT2D eigenvalue weighted by Gasteiger charge is 2.31. The van der Waals surface area contributed by atoms with Crippen LogP contribution in [0.1, 0.15) is 34.5 Å². The van der Waals surface area contributed by atoms with Crippen LogP contribution in [0.2, 0.25) is 0 Å². The van der Waals surface area contributed by atoms with E-state index in [0.29, 0.717) is 37.2 Å². The molecule has 9 heteroatoms. The van der Waals surface area contributed by atoms with Crippen molar-refractivity contribution in [1.29, 1.82) is 0 Å². The predicted molar refractivity (Wildman–Crippen MR) is 116 cm³/mol. The molecule has 4 rings (SSSR count). The molecule has 1 aliphatic heterocycles. The minimum Gasteiger partial charge on any atom is -0.495 e. The van der Waals surface area contributed by atoms with Gasteiger partial charge >= 0.3 is 6.18 Å². The fourth-order valence-corrected chi connectivity index (χ4v) is 3.87. The number of hydrogen-bond donors (Lipinski definition) is 0. The van der Waals surface area contributed by atoms with Gasteiger partial charge in [0.1, 0.15) is 17.6 Å². The van der Waals surface area contributed by atoms with Crippen LogP contribution >= 0.6 is 0 Å². The Labute approximate surface area is 189 Å². The van der Waals surface area contributed by atoms with Crippen molar-refractivity contribution in [2.24, 2.45) is 0 Å². The van der Waals surface area contributed by atoms with Crippen LogP contribution in [0.3, 0.4) is 0 Å². The number of rotatable bonds is 5. The van der Waals surface area contributed by atoms with Crippen LogP contribution in [0.4, 0.5) is 13.2 Å². The third-order valence-corrected chi connectivity index (χ3v) is 5.61. The first-order chi connectivity index (χ1) is 15.7. The molecule has 0 atom stereocenters. The first-order valence-corrected chi connectivity index (χ1v) is 10.6. The summed E-state index contributed by atoms with van der Waals surface area (Å²) in [6, 6.07) is 10.1. The number of benzene rings is 2. The van der Waals surface area contributed by atoms with Crippen molar-refractivity contribution in [1.82, 2.24) is 14.5 Å². The summed E-state index contributed by atoms with van der Waals surface area (Å²) in [6.45, 7) is 2.79. The third kappa shape index (κ3) is 5.13. The van der Waals surface area contributed by atoms with Crippen LogP contribution in [-0.4, -0.2) is 46.7 Å². The van der Waals surface area contributed by atoms with Crippen LogP contribution in [0.5, 0.6) is 11.5 Å². The molecule has 1 aliphatic rings. The van der Waals surface area contributed by atoms with Gasteiger partial charge in [-0.25, -0.2) is 4.98 Å². The fraction of sp³-hybridized carbons (Fsp3) is 0.333. The predicted octanol–water partition coefficient (Wildman–Crippen LogP) is 4.89. The quantitative estimate of drug-likeness (QED) is 0.545. The maximum absolute atomic E-state index is 13.0. The lowest BCUT2D eigenvalue weighted by Gasteiger charge is -2.32. The van der Waals surface area contributed by atoms with E-state index in [4.69, 9.17) is 9.47 Å². The van der Waals surface area contributed by atoms with Crippen molar-refractivity contribution in [2.45, 2.75) is 32.0 Å². The number of carbonyl (C=O) groups is 1. The number of carbonyl (C=O) groups excluding carboxylic acids is 1. The first kappa shape index (κ1) is 22.7. The van der Waals surface area contributed by atoms with Gasteiger partial charge in [0.25, 0.3) is 5.91 Å². The summed E-state index contributed by atoms with van der Waals surface area (Å²) in [6.07, 6.45) is -0.0448. The van der Waals surface area contributed by atoms with Crippen molar-refractivity contribution in [3.63, 3.8) is 0 Å². The van der Waals surface area contributed by atoms with E-state index in [1.165, 1.54) is 12.1 Å². The van der Waals surface area contributed by atoms with Crippen molar-refractivity contribution in [3.8, 4) is 17.2 Å². The Morgan fingerprint density at radius 1 is 1.12 bits per heavy atom. The zero-order chi connectivity index (χ0) is 23.6. The van der Waals surface area contributed by atoms with E-state index in [2.05, 4.69) is 4.98 Å². The van der Waals surface area contributed by atoms with Gasteiger partial charge in [0.2, 0.25) is 0 Å². The van der Waals surface area contributed by atoms with Gasteiger partial charge in [-0.1, -0.05) is 6.07 Å². The minimum absolute atomic E-state index is 0.126. The number of ether oxygens (including phenoxy) is 2. The molecule has 0 unspecified atom stereocenters. The van der Waals surface area contributed by atoms with Crippen molar-refractivity contribution in [2.75, 3.05) is 20.2 Å². The molecule has 174 valence electrons. The number of aryl methyl sites for hydroxylation is 1. The summed E-state index contributed by atoms with van der Waals surface area (Å²) >= 11 is 0. The molecule has 0 bridgehead atoms. The van der Waals surface area contributed by atoms with Crippen LogP contribution in [0, 0.1) is 6.92 Å². The highest BCUT2D eigenvalue weighted by molar-refractivity contribution is 5.95. The molecule has 1 amide bonds. The molecule has 0 saturated carbocycles. The molecule has 0 radical (unpaired) electrons. The summed E-state index contributed by atoms with van der Waals surface area (Å²) < 4.78 is 51.8. The molecule has 1 fully saturated rings. The molecule has 6 nitrogen and oxygen atoms in total. The molecule has 1 saturated heterocycles. The number of aromatic nitrogens is 2. The van der Waals surface area contributed by atoms with Gasteiger partial charge in [0, 0.05) is 37.7 Å². The number of imidazole rings is 1. The maximum atomic E-state index is 13.0. The largest absolute Gasteiger partial charge is 0.495 e. The van der Waals surface area contributed by atoms with Crippen LogP contribution in [0.25, 0.3) is 5.69 Å². The number of methoxy groups -OCH3 is 1. The van der Waals surface area contributed by atoms with Gasteiger partial charge in [-0.2, -0.15) is 13.2 Å². The number of amides is 1. The van der Waals surface area contributed by atoms with Crippen LogP contribution in [0.15, 0.2) is 55.0 Å². The number of nitrogens with zero attached hydrogens (tertiary/aromatic N) is 3. The number of likely N-dealkylation sites (tertiary alicyclic amines) is 1. The Hall–Kier alpha value is -3.49. The molecule has 0 spiro atoms. The second-order valence-electron chi connectivity index (χ2n) is 7.94. The summed E-state index contributed by atoms with van der Waals surface area (Å²) in [5.74, 6) is 0.616. The van der Waals surface area contributed by atoms with Crippen molar-refractivity contribution < 1.29 is 27.4 Å². The Morgan fingerprint density at radius 2 is 1.88 bits per heavy atom. The second-order valence-corrected chi connectivity index (χ2v) is 7.94. The average Bonchev–Trinajstić information content (AvgIpc) is 3.24. The van der Waals surface area contributed by atoms with E-state index in [0.717, 1.165) is 23.5 Å². The van der Waals surface area contributed by atoms with Gasteiger partial charge in [-0.05, 0) is 43.3 Å². The molecule has 0 aliphatic carbocycles. The number of hydrogen-bond acceptors (Lipinski definition) is 4. The van der Waals surface area contributed by atoms with Crippen molar-refractivity contribution >= 4 is 5.91 Å². The molecule has 33 heavy (non-hydrogen) atoms. The molecule has 3 aromatic rings. The molecule has 2 heterocycles. The van der Waals surface area contributed by atoms with E-state index >= 15 is 0 Å². The highest BCUT2D eigenvalue weighted by Crippen LogP contribution is 2.32. The average molecular weight is 459 g/mol. The molecular formula is C24H24F3N3O3. The Kier molecular flexibility index (Phi) is 6.31. The Morgan fingerprint density at radius 3 is 2.52 bits per heavy atom. The van der Waals surface area contributed by atoms with Crippen molar-refractivity contribution in [3.05, 3.63) is 71.8 Å². The SMILES string of the molecule is COc1cc(C(=O)N2CCC(Oc3cccc(C(F)(F)F)c3)CC2)ccc1-n1cnc(C)c1. The minimum atomic E-state index is -4.41. The number of piperidine rings is 1. The fourth-order valence-electron chi connectivity index (χ4n) is 3.87. The maximum Gasteiger partial charge on any atom is 0.416 e. The van der Waals surface area contributed by atoms with E-state index in [-0.39, 0.29) is 17.8 Å². The lowest BCUT2D eigenvalue weighted by atomic mass is 10.1. The van der Waals surface area contributed by atoms with E-state index in [1.54, 1.807) is 30.5 Å². The molecule has 2 aromatic carbocycles. The van der Waals surface area contributed by atoms with E-state index in [9.17, 15) is 18.0 Å². The Balaban J connectivity index is 1.39. The standard InChI is InChI=1S/C24H24F3N3O3/c1-16-14-30(15-28-16)21-7-6-17(12-22(21)32-2)23(31)29-10-8-19(9-11-29)33-20-5-3-4-18(13-20)24(25,26)27/h3-7,12-15,19H,8-11H2,1-2H3. The molecule has 0 N–H and O–H groups in total. The normalized spacial score (nSPS) is 14.9. The lowest BCUT2D eigenvalue weighted by molar-refractivity contribution is -0.137. The Bertz CT molecular complexity index is 1140.